The fourth-order valence-electron chi connectivity index (χ4n) is 7.10. The number of piperazine rings is 1. The summed E-state index contributed by atoms with van der Waals surface area (Å²) in [5.74, 6) is -0.429. The molecule has 2 N–H and O–H groups in total. The fraction of sp³-hybridized carbons (Fsp3) is 0.610. The van der Waals surface area contributed by atoms with Gasteiger partial charge in [0.05, 0.1) is 12.2 Å². The first-order valence-electron chi connectivity index (χ1n) is 19.5. The number of anilines is 1. The van der Waals surface area contributed by atoms with Crippen molar-refractivity contribution >= 4 is 35.9 Å². The molecule has 3 amide bonds. The van der Waals surface area contributed by atoms with Gasteiger partial charge in [-0.2, -0.15) is 0 Å². The summed E-state index contributed by atoms with van der Waals surface area (Å²) in [6.45, 7) is 15.6. The molecule has 3 aliphatic heterocycles. The SMILES string of the molecule is CCc1cccc(-c2cnc(C=O)c(NC(=O)CN(CC3CCN(C)C(=O)C3)C(=O)OC(C)(C)C)c2)c1.CN1CCC(CN2CCN(CC(=O)O)CC2)CC1. The number of carbonyl (C=O) groups is 5. The number of aldehydes is 1. The molecule has 0 radical (unpaired) electrons. The maximum Gasteiger partial charge on any atom is 0.410 e. The van der Waals surface area contributed by atoms with E-state index in [0.29, 0.717) is 19.3 Å². The average Bonchev–Trinajstić information content (AvgIpc) is 3.14. The van der Waals surface area contributed by atoms with Gasteiger partial charge in [-0.25, -0.2) is 4.79 Å². The van der Waals surface area contributed by atoms with Crippen molar-refractivity contribution in [2.45, 2.75) is 65.4 Å². The molecule has 0 saturated carbocycles. The standard InChI is InChI=1S/C28H36N4O5.C13H25N3O2/c1-6-19-8-7-9-21(12-19)22-14-23(24(18-33)29-15-22)30-25(34)17-32(27(36)37-28(2,3)4)16-20-10-11-31(5)26(35)13-20;1-14-4-2-12(3-5-14)10-15-6-8-16(9-7-15)11-13(17)18/h7-9,12,14-15,18,20H,6,10-11,13,16-17H2,1-5H3,(H,30,34);12H,2-11H2,1H3,(H,17,18). The van der Waals surface area contributed by atoms with Gasteiger partial charge in [0.15, 0.2) is 6.29 Å². The van der Waals surface area contributed by atoms with Crippen LogP contribution in [0.3, 0.4) is 0 Å². The van der Waals surface area contributed by atoms with Gasteiger partial charge < -0.3 is 29.9 Å². The molecular formula is C41H61N7O7. The third kappa shape index (κ3) is 14.3. The number of aliphatic carboxylic acids is 1. The zero-order valence-electron chi connectivity index (χ0n) is 33.6. The van der Waals surface area contributed by atoms with Crippen molar-refractivity contribution in [3.05, 3.63) is 47.8 Å². The number of rotatable bonds is 12. The van der Waals surface area contributed by atoms with E-state index < -0.39 is 23.6 Å². The number of likely N-dealkylation sites (tertiary alicyclic amines) is 2. The molecule has 14 heteroatoms. The summed E-state index contributed by atoms with van der Waals surface area (Å²) < 4.78 is 5.53. The average molecular weight is 764 g/mol. The Morgan fingerprint density at radius 2 is 1.64 bits per heavy atom. The second-order valence-corrected chi connectivity index (χ2v) is 16.1. The van der Waals surface area contributed by atoms with Gasteiger partial charge in [-0.1, -0.05) is 31.2 Å². The van der Waals surface area contributed by atoms with E-state index in [-0.39, 0.29) is 42.8 Å². The molecule has 3 fully saturated rings. The summed E-state index contributed by atoms with van der Waals surface area (Å²) in [5.41, 5.74) is 2.44. The van der Waals surface area contributed by atoms with Crippen LogP contribution < -0.4 is 5.32 Å². The summed E-state index contributed by atoms with van der Waals surface area (Å²) in [7, 11) is 3.95. The minimum Gasteiger partial charge on any atom is -0.480 e. The van der Waals surface area contributed by atoms with E-state index in [4.69, 9.17) is 9.84 Å². The maximum absolute atomic E-state index is 13.1. The van der Waals surface area contributed by atoms with Crippen molar-refractivity contribution in [2.24, 2.45) is 11.8 Å². The smallest absolute Gasteiger partial charge is 0.410 e. The number of aromatic nitrogens is 1. The number of aryl methyl sites for hydroxylation is 1. The lowest BCUT2D eigenvalue weighted by Gasteiger charge is -2.37. The number of hydrogen-bond acceptors (Lipinski definition) is 10. The first-order valence-corrected chi connectivity index (χ1v) is 19.5. The molecule has 1 atom stereocenters. The first-order chi connectivity index (χ1) is 26.1. The number of benzene rings is 1. The summed E-state index contributed by atoms with van der Waals surface area (Å²) in [5, 5.41) is 11.5. The van der Waals surface area contributed by atoms with Gasteiger partial charge in [0.1, 0.15) is 17.8 Å². The van der Waals surface area contributed by atoms with Crippen LogP contribution in [0.25, 0.3) is 11.1 Å². The van der Waals surface area contributed by atoms with Crippen LogP contribution in [0.5, 0.6) is 0 Å². The number of amides is 3. The molecule has 1 unspecified atom stereocenters. The predicted molar refractivity (Wildman–Crippen MR) is 212 cm³/mol. The Balaban J connectivity index is 0.000000311. The fourth-order valence-corrected chi connectivity index (χ4v) is 7.10. The van der Waals surface area contributed by atoms with Gasteiger partial charge in [-0.3, -0.25) is 34.0 Å². The molecule has 4 heterocycles. The van der Waals surface area contributed by atoms with E-state index >= 15 is 0 Å². The third-order valence-corrected chi connectivity index (χ3v) is 10.4. The van der Waals surface area contributed by atoms with Crippen LogP contribution in [0.4, 0.5) is 10.5 Å². The van der Waals surface area contributed by atoms with Crippen LogP contribution in [0, 0.1) is 11.8 Å². The molecule has 5 rings (SSSR count). The largest absolute Gasteiger partial charge is 0.480 e. The van der Waals surface area contributed by atoms with Crippen molar-refractivity contribution in [1.82, 2.24) is 29.5 Å². The summed E-state index contributed by atoms with van der Waals surface area (Å²) in [6, 6.07) is 9.66. The van der Waals surface area contributed by atoms with Crippen molar-refractivity contribution in [3.63, 3.8) is 0 Å². The first kappa shape index (κ1) is 43.3. The molecule has 3 saturated heterocycles. The molecule has 1 aromatic heterocycles. The third-order valence-electron chi connectivity index (χ3n) is 10.4. The zero-order chi connectivity index (χ0) is 40.1. The van der Waals surface area contributed by atoms with E-state index in [1.807, 2.05) is 29.2 Å². The van der Waals surface area contributed by atoms with Crippen LogP contribution in [-0.2, 0) is 25.5 Å². The highest BCUT2D eigenvalue weighted by atomic mass is 16.6. The van der Waals surface area contributed by atoms with Crippen LogP contribution >= 0.6 is 0 Å². The van der Waals surface area contributed by atoms with Gasteiger partial charge in [-0.05, 0) is 95.6 Å². The zero-order valence-corrected chi connectivity index (χ0v) is 33.6. The minimum absolute atomic E-state index is 0.00972. The Morgan fingerprint density at radius 3 is 2.25 bits per heavy atom. The maximum atomic E-state index is 13.1. The molecule has 1 aromatic carbocycles. The Morgan fingerprint density at radius 1 is 0.964 bits per heavy atom. The highest BCUT2D eigenvalue weighted by molar-refractivity contribution is 5.98. The Labute approximate surface area is 326 Å². The number of carboxylic acids is 1. The van der Waals surface area contributed by atoms with Crippen molar-refractivity contribution in [3.8, 4) is 11.1 Å². The monoisotopic (exact) mass is 763 g/mol. The number of nitrogens with zero attached hydrogens (tertiary/aromatic N) is 6. The molecular weight excluding hydrogens is 702 g/mol. The normalized spacial score (nSPS) is 18.9. The number of hydrogen-bond donors (Lipinski definition) is 2. The molecule has 0 spiro atoms. The van der Waals surface area contributed by atoms with Gasteiger partial charge in [0, 0.05) is 71.0 Å². The second kappa shape index (κ2) is 20.5. The van der Waals surface area contributed by atoms with Crippen LogP contribution in [0.15, 0.2) is 36.5 Å². The van der Waals surface area contributed by atoms with Crippen molar-refractivity contribution in [1.29, 1.82) is 0 Å². The van der Waals surface area contributed by atoms with E-state index in [0.717, 1.165) is 61.6 Å². The molecule has 14 nitrogen and oxygen atoms in total. The highest BCUT2D eigenvalue weighted by Gasteiger charge is 2.30. The summed E-state index contributed by atoms with van der Waals surface area (Å²) in [4.78, 5) is 74.6. The summed E-state index contributed by atoms with van der Waals surface area (Å²) in [6.07, 6.45) is 6.07. The number of nitrogens with one attached hydrogen (secondary N) is 1. The van der Waals surface area contributed by atoms with Gasteiger partial charge in [0.25, 0.3) is 0 Å². The number of pyridine rings is 1. The molecule has 0 aliphatic carbocycles. The predicted octanol–water partition coefficient (Wildman–Crippen LogP) is 4.20. The lowest BCUT2D eigenvalue weighted by Crippen LogP contribution is -2.49. The Kier molecular flexibility index (Phi) is 16.1. The van der Waals surface area contributed by atoms with Gasteiger partial charge in [-0.15, -0.1) is 0 Å². The minimum atomic E-state index is -0.746. The Hall–Kier alpha value is -4.40. The van der Waals surface area contributed by atoms with Crippen molar-refractivity contribution in [2.75, 3.05) is 91.4 Å². The Bertz CT molecular complexity index is 1610. The van der Waals surface area contributed by atoms with Gasteiger partial charge in [0.2, 0.25) is 11.8 Å². The number of carboxylic acid groups (broad SMARTS) is 1. The van der Waals surface area contributed by atoms with E-state index in [1.54, 1.807) is 45.0 Å². The van der Waals surface area contributed by atoms with E-state index in [2.05, 4.69) is 34.1 Å². The molecule has 3 aliphatic rings. The number of carbonyl (C=O) groups excluding carboxylic acids is 4. The van der Waals surface area contributed by atoms with E-state index in [1.165, 1.54) is 37.4 Å². The molecule has 302 valence electrons. The topological polar surface area (TPSA) is 156 Å². The molecule has 2 aromatic rings. The second-order valence-electron chi connectivity index (χ2n) is 16.1. The quantitative estimate of drug-likeness (QED) is 0.299. The summed E-state index contributed by atoms with van der Waals surface area (Å²) >= 11 is 0. The number of ether oxygens (including phenoxy) is 1. The molecule has 0 bridgehead atoms. The molecule has 55 heavy (non-hydrogen) atoms. The highest BCUT2D eigenvalue weighted by Crippen LogP contribution is 2.26. The van der Waals surface area contributed by atoms with Crippen LogP contribution in [0.1, 0.15) is 69.4 Å². The number of piperidine rings is 2. The lowest BCUT2D eigenvalue weighted by molar-refractivity contribution is -0.139. The van der Waals surface area contributed by atoms with Gasteiger partial charge >= 0.3 is 12.1 Å². The van der Waals surface area contributed by atoms with Crippen LogP contribution in [0.2, 0.25) is 0 Å². The van der Waals surface area contributed by atoms with Crippen molar-refractivity contribution < 1.29 is 33.8 Å². The van der Waals surface area contributed by atoms with Crippen LogP contribution in [-0.4, -0.2) is 156 Å². The van der Waals surface area contributed by atoms with E-state index in [9.17, 15) is 24.0 Å². The lowest BCUT2D eigenvalue weighted by atomic mass is 9.96.